The summed E-state index contributed by atoms with van der Waals surface area (Å²) in [5.41, 5.74) is 2.51. The first-order valence-corrected chi connectivity index (χ1v) is 8.46. The van der Waals surface area contributed by atoms with Crippen molar-refractivity contribution in [3.05, 3.63) is 94.4 Å². The van der Waals surface area contributed by atoms with E-state index in [2.05, 4.69) is 9.97 Å². The van der Waals surface area contributed by atoms with Gasteiger partial charge >= 0.3 is 0 Å². The number of nitrogens with one attached hydrogen (secondary N) is 1. The third-order valence-corrected chi connectivity index (χ3v) is 4.31. The zero-order valence-electron chi connectivity index (χ0n) is 14.4. The van der Waals surface area contributed by atoms with E-state index in [4.69, 9.17) is 4.74 Å². The molecular weight excluding hydrogens is 324 g/mol. The minimum Gasteiger partial charge on any atom is -0.489 e. The van der Waals surface area contributed by atoms with E-state index in [1.165, 1.54) is 0 Å². The van der Waals surface area contributed by atoms with E-state index in [0.717, 1.165) is 27.6 Å². The number of nitrogens with zero attached hydrogens (tertiary/aromatic N) is 1. The number of aromatic amines is 1. The summed E-state index contributed by atoms with van der Waals surface area (Å²) < 4.78 is 5.88. The number of hydrogen-bond donors (Lipinski definition) is 1. The molecule has 4 rings (SSSR count). The van der Waals surface area contributed by atoms with Gasteiger partial charge in [-0.25, -0.2) is 4.98 Å². The quantitative estimate of drug-likeness (QED) is 0.595. The van der Waals surface area contributed by atoms with Gasteiger partial charge in [0.25, 0.3) is 5.56 Å². The number of benzene rings is 3. The molecule has 0 amide bonds. The van der Waals surface area contributed by atoms with E-state index < -0.39 is 0 Å². The number of H-pyrrole nitrogens is 1. The van der Waals surface area contributed by atoms with Crippen LogP contribution in [0.2, 0.25) is 0 Å². The predicted octanol–water partition coefficient (Wildman–Crippen LogP) is 4.48. The molecule has 4 aromatic rings. The van der Waals surface area contributed by atoms with Crippen molar-refractivity contribution >= 4 is 10.8 Å². The van der Waals surface area contributed by atoms with Crippen LogP contribution in [-0.2, 0) is 6.61 Å². The largest absolute Gasteiger partial charge is 0.489 e. The summed E-state index contributed by atoms with van der Waals surface area (Å²) in [5, 5.41) is 2.14. The lowest BCUT2D eigenvalue weighted by molar-refractivity contribution is 0.306. The van der Waals surface area contributed by atoms with Crippen LogP contribution >= 0.6 is 0 Å². The van der Waals surface area contributed by atoms with E-state index in [0.29, 0.717) is 18.0 Å². The third-order valence-electron chi connectivity index (χ3n) is 4.31. The van der Waals surface area contributed by atoms with Crippen molar-refractivity contribution < 1.29 is 4.74 Å². The van der Waals surface area contributed by atoms with Gasteiger partial charge in [-0.1, -0.05) is 48.5 Å². The molecule has 0 aliphatic heterocycles. The predicted molar refractivity (Wildman–Crippen MR) is 103 cm³/mol. The number of aromatic nitrogens is 2. The summed E-state index contributed by atoms with van der Waals surface area (Å²) in [6.45, 7) is 2.28. The maximum absolute atomic E-state index is 11.8. The molecule has 0 fully saturated rings. The van der Waals surface area contributed by atoms with Gasteiger partial charge in [0.05, 0.1) is 0 Å². The van der Waals surface area contributed by atoms with Gasteiger partial charge in [-0.3, -0.25) is 4.79 Å². The smallest absolute Gasteiger partial charge is 0.254 e. The van der Waals surface area contributed by atoms with Crippen LogP contribution in [0.15, 0.2) is 77.7 Å². The SMILES string of the molecule is Cc1cnc(-c2ccc3cc(OCc4ccccc4)ccc3c2)[nH]c1=O. The summed E-state index contributed by atoms with van der Waals surface area (Å²) in [7, 11) is 0. The number of aryl methyl sites for hydroxylation is 1. The Bertz CT molecular complexity index is 1120. The molecule has 0 saturated carbocycles. The Hall–Kier alpha value is -3.40. The fourth-order valence-corrected chi connectivity index (χ4v) is 2.81. The molecule has 3 aromatic carbocycles. The van der Waals surface area contributed by atoms with Crippen molar-refractivity contribution in [1.82, 2.24) is 9.97 Å². The van der Waals surface area contributed by atoms with Crippen molar-refractivity contribution in [3.8, 4) is 17.1 Å². The number of rotatable bonds is 4. The molecule has 0 spiro atoms. The highest BCUT2D eigenvalue weighted by molar-refractivity contribution is 5.87. The Labute approximate surface area is 151 Å². The summed E-state index contributed by atoms with van der Waals surface area (Å²) >= 11 is 0. The Balaban J connectivity index is 1.59. The van der Waals surface area contributed by atoms with Gasteiger partial charge in [0.2, 0.25) is 0 Å². The third kappa shape index (κ3) is 3.35. The molecule has 0 saturated heterocycles. The minimum atomic E-state index is -0.111. The normalized spacial score (nSPS) is 10.8. The molecule has 4 nitrogen and oxygen atoms in total. The van der Waals surface area contributed by atoms with Crippen molar-refractivity contribution in [2.24, 2.45) is 0 Å². The first-order valence-electron chi connectivity index (χ1n) is 8.46. The molecule has 128 valence electrons. The maximum Gasteiger partial charge on any atom is 0.254 e. The second kappa shape index (κ2) is 6.84. The molecule has 1 N–H and O–H groups in total. The van der Waals surface area contributed by atoms with Crippen LogP contribution < -0.4 is 10.3 Å². The van der Waals surface area contributed by atoms with E-state index in [-0.39, 0.29) is 5.56 Å². The van der Waals surface area contributed by atoms with Gasteiger partial charge in [-0.2, -0.15) is 0 Å². The summed E-state index contributed by atoms with van der Waals surface area (Å²) in [5.74, 6) is 1.41. The molecule has 0 unspecified atom stereocenters. The Morgan fingerprint density at radius 3 is 2.54 bits per heavy atom. The summed E-state index contributed by atoms with van der Waals surface area (Å²) in [4.78, 5) is 18.9. The molecular formula is C22H18N2O2. The average Bonchev–Trinajstić information content (AvgIpc) is 2.69. The molecule has 0 atom stereocenters. The lowest BCUT2D eigenvalue weighted by Crippen LogP contribution is -2.11. The number of ether oxygens (including phenoxy) is 1. The van der Waals surface area contributed by atoms with Crippen molar-refractivity contribution in [2.75, 3.05) is 0 Å². The lowest BCUT2D eigenvalue weighted by Gasteiger charge is -2.08. The van der Waals surface area contributed by atoms with Crippen LogP contribution in [0.4, 0.5) is 0 Å². The van der Waals surface area contributed by atoms with Crippen LogP contribution in [0.5, 0.6) is 5.75 Å². The fraction of sp³-hybridized carbons (Fsp3) is 0.0909. The Kier molecular flexibility index (Phi) is 4.23. The van der Waals surface area contributed by atoms with Crippen LogP contribution in [0.3, 0.4) is 0 Å². The fourth-order valence-electron chi connectivity index (χ4n) is 2.81. The number of hydrogen-bond acceptors (Lipinski definition) is 3. The Morgan fingerprint density at radius 1 is 0.962 bits per heavy atom. The average molecular weight is 342 g/mol. The maximum atomic E-state index is 11.8. The first-order chi connectivity index (χ1) is 12.7. The molecule has 1 heterocycles. The zero-order valence-corrected chi connectivity index (χ0v) is 14.4. The van der Waals surface area contributed by atoms with Crippen molar-refractivity contribution in [1.29, 1.82) is 0 Å². The van der Waals surface area contributed by atoms with E-state index in [1.54, 1.807) is 13.1 Å². The molecule has 0 bridgehead atoms. The van der Waals surface area contributed by atoms with Gasteiger partial charge in [0, 0.05) is 17.3 Å². The van der Waals surface area contributed by atoms with Crippen molar-refractivity contribution in [2.45, 2.75) is 13.5 Å². The molecule has 0 aliphatic rings. The Morgan fingerprint density at radius 2 is 1.73 bits per heavy atom. The standard InChI is InChI=1S/C22H18N2O2/c1-15-13-23-21(24-22(15)25)19-8-7-18-12-20(10-9-17(18)11-19)26-14-16-5-3-2-4-6-16/h2-13H,14H2,1H3,(H,23,24,25). The highest BCUT2D eigenvalue weighted by atomic mass is 16.5. The molecule has 0 aliphatic carbocycles. The molecule has 1 aromatic heterocycles. The van der Waals surface area contributed by atoms with Crippen LogP contribution in [0.25, 0.3) is 22.2 Å². The monoisotopic (exact) mass is 342 g/mol. The zero-order chi connectivity index (χ0) is 17.9. The van der Waals surface area contributed by atoms with E-state index in [1.807, 2.05) is 66.7 Å². The first kappa shape index (κ1) is 16.1. The number of fused-ring (bicyclic) bond motifs is 1. The van der Waals surface area contributed by atoms with E-state index in [9.17, 15) is 4.79 Å². The van der Waals surface area contributed by atoms with Crippen molar-refractivity contribution in [3.63, 3.8) is 0 Å². The highest BCUT2D eigenvalue weighted by Gasteiger charge is 2.05. The second-order valence-electron chi connectivity index (χ2n) is 6.24. The molecule has 0 radical (unpaired) electrons. The highest BCUT2D eigenvalue weighted by Crippen LogP contribution is 2.25. The molecule has 4 heteroatoms. The minimum absolute atomic E-state index is 0.111. The van der Waals surface area contributed by atoms with Gasteiger partial charge < -0.3 is 9.72 Å². The lowest BCUT2D eigenvalue weighted by atomic mass is 10.1. The van der Waals surface area contributed by atoms with Gasteiger partial charge in [0.1, 0.15) is 18.2 Å². The summed E-state index contributed by atoms with van der Waals surface area (Å²) in [6, 6.07) is 22.1. The van der Waals surface area contributed by atoms with Crippen LogP contribution in [0, 0.1) is 6.92 Å². The van der Waals surface area contributed by atoms with E-state index >= 15 is 0 Å². The topological polar surface area (TPSA) is 55.0 Å². The van der Waals surface area contributed by atoms with Gasteiger partial charge in [-0.15, -0.1) is 0 Å². The van der Waals surface area contributed by atoms with Crippen LogP contribution in [-0.4, -0.2) is 9.97 Å². The second-order valence-corrected chi connectivity index (χ2v) is 6.24. The van der Waals surface area contributed by atoms with Gasteiger partial charge in [-0.05, 0) is 41.5 Å². The van der Waals surface area contributed by atoms with Gasteiger partial charge in [0.15, 0.2) is 0 Å². The summed E-state index contributed by atoms with van der Waals surface area (Å²) in [6.07, 6.45) is 1.60. The van der Waals surface area contributed by atoms with Crippen LogP contribution in [0.1, 0.15) is 11.1 Å². The molecule has 26 heavy (non-hydrogen) atoms.